The van der Waals surface area contributed by atoms with Gasteiger partial charge in [0.15, 0.2) is 0 Å². The Kier molecular flexibility index (Phi) is 5.63. The van der Waals surface area contributed by atoms with E-state index in [-0.39, 0.29) is 11.8 Å². The summed E-state index contributed by atoms with van der Waals surface area (Å²) in [5.74, 6) is 2.07. The summed E-state index contributed by atoms with van der Waals surface area (Å²) in [6.45, 7) is 8.09. The van der Waals surface area contributed by atoms with Gasteiger partial charge >= 0.3 is 0 Å². The Labute approximate surface area is 194 Å². The molecule has 0 aliphatic carbocycles. The quantitative estimate of drug-likeness (QED) is 0.395. The van der Waals surface area contributed by atoms with Gasteiger partial charge in [-0.05, 0) is 61.7 Å². The first-order valence-corrected chi connectivity index (χ1v) is 11.5. The third kappa shape index (κ3) is 3.99. The third-order valence-corrected chi connectivity index (χ3v) is 6.71. The molecule has 3 aromatic carbocycles. The molecule has 4 aromatic rings. The number of aromatic nitrogens is 2. The van der Waals surface area contributed by atoms with Crippen molar-refractivity contribution in [3.05, 3.63) is 89.2 Å². The summed E-state index contributed by atoms with van der Waals surface area (Å²) in [4.78, 5) is 19.9. The van der Waals surface area contributed by atoms with Crippen molar-refractivity contribution in [2.24, 2.45) is 0 Å². The molecule has 1 aromatic heterocycles. The van der Waals surface area contributed by atoms with E-state index in [1.807, 2.05) is 53.4 Å². The first-order valence-electron chi connectivity index (χ1n) is 11.5. The van der Waals surface area contributed by atoms with Crippen LogP contribution in [0.2, 0.25) is 0 Å². The van der Waals surface area contributed by atoms with Crippen LogP contribution in [0.3, 0.4) is 0 Å². The van der Waals surface area contributed by atoms with E-state index in [4.69, 9.17) is 9.72 Å². The Balaban J connectivity index is 1.43. The number of carbonyl (C=O) groups is 1. The molecule has 1 amide bonds. The summed E-state index contributed by atoms with van der Waals surface area (Å²) in [5.41, 5.74) is 6.53. The number of hydrogen-bond donors (Lipinski definition) is 0. The average molecular weight is 440 g/mol. The second-order valence-electron chi connectivity index (χ2n) is 8.85. The summed E-state index contributed by atoms with van der Waals surface area (Å²) < 4.78 is 8.33. The van der Waals surface area contributed by atoms with Gasteiger partial charge in [0.25, 0.3) is 0 Å². The lowest BCUT2D eigenvalue weighted by Crippen LogP contribution is -2.25. The van der Waals surface area contributed by atoms with Crippen LogP contribution < -0.4 is 9.64 Å². The fourth-order valence-corrected chi connectivity index (χ4v) is 4.75. The lowest BCUT2D eigenvalue weighted by molar-refractivity contribution is -0.117. The fourth-order valence-electron chi connectivity index (χ4n) is 4.75. The smallest absolute Gasteiger partial charge is 0.227 e. The van der Waals surface area contributed by atoms with E-state index in [0.717, 1.165) is 39.4 Å². The SMILES string of the molecule is Cc1ccccc1OCCn1c([C@H]2CC(=O)N(c3cccc(C)c3C)C2)nc2ccccc21. The topological polar surface area (TPSA) is 47.4 Å². The highest BCUT2D eigenvalue weighted by atomic mass is 16.5. The number of hydrogen-bond acceptors (Lipinski definition) is 3. The van der Waals surface area contributed by atoms with Crippen molar-refractivity contribution in [3.8, 4) is 5.75 Å². The predicted octanol–water partition coefficient (Wildman–Crippen LogP) is 5.56. The number of nitrogens with zero attached hydrogens (tertiary/aromatic N) is 3. The second-order valence-corrected chi connectivity index (χ2v) is 8.85. The second kappa shape index (κ2) is 8.74. The molecule has 1 aliphatic heterocycles. The van der Waals surface area contributed by atoms with Crippen molar-refractivity contribution < 1.29 is 9.53 Å². The van der Waals surface area contributed by atoms with Crippen molar-refractivity contribution in [1.82, 2.24) is 9.55 Å². The Morgan fingerprint density at radius 1 is 0.939 bits per heavy atom. The van der Waals surface area contributed by atoms with Gasteiger partial charge in [-0.15, -0.1) is 0 Å². The van der Waals surface area contributed by atoms with E-state index in [1.165, 1.54) is 5.56 Å². The van der Waals surface area contributed by atoms with Crippen LogP contribution in [-0.4, -0.2) is 28.6 Å². The van der Waals surface area contributed by atoms with Crippen LogP contribution in [0.4, 0.5) is 5.69 Å². The largest absolute Gasteiger partial charge is 0.491 e. The van der Waals surface area contributed by atoms with Crippen molar-refractivity contribution in [2.45, 2.75) is 39.7 Å². The third-order valence-electron chi connectivity index (χ3n) is 6.71. The lowest BCUT2D eigenvalue weighted by Gasteiger charge is -2.20. The number of carbonyl (C=O) groups excluding carboxylic acids is 1. The van der Waals surface area contributed by atoms with Gasteiger partial charge in [-0.2, -0.15) is 0 Å². The maximum atomic E-state index is 13.0. The van der Waals surface area contributed by atoms with Gasteiger partial charge in [0.1, 0.15) is 18.2 Å². The first-order chi connectivity index (χ1) is 16.0. The normalized spacial score (nSPS) is 16.0. The highest BCUT2D eigenvalue weighted by molar-refractivity contribution is 5.97. The number of fused-ring (bicyclic) bond motifs is 1. The fraction of sp³-hybridized carbons (Fsp3) is 0.286. The van der Waals surface area contributed by atoms with E-state index in [9.17, 15) is 4.79 Å². The van der Waals surface area contributed by atoms with Gasteiger partial charge in [-0.3, -0.25) is 4.79 Å². The molecule has 168 valence electrons. The number of para-hydroxylation sites is 3. The predicted molar refractivity (Wildman–Crippen MR) is 132 cm³/mol. The van der Waals surface area contributed by atoms with Crippen LogP contribution in [0.25, 0.3) is 11.0 Å². The van der Waals surface area contributed by atoms with E-state index in [1.54, 1.807) is 0 Å². The minimum absolute atomic E-state index is 0.0447. The number of ether oxygens (including phenoxy) is 1. The maximum absolute atomic E-state index is 13.0. The van der Waals surface area contributed by atoms with Crippen molar-refractivity contribution in [1.29, 1.82) is 0 Å². The maximum Gasteiger partial charge on any atom is 0.227 e. The van der Waals surface area contributed by atoms with Crippen molar-refractivity contribution >= 4 is 22.6 Å². The Morgan fingerprint density at radius 3 is 2.55 bits per heavy atom. The molecule has 0 unspecified atom stereocenters. The number of amides is 1. The van der Waals surface area contributed by atoms with E-state index in [0.29, 0.717) is 26.1 Å². The Bertz CT molecular complexity index is 1320. The molecule has 2 heterocycles. The van der Waals surface area contributed by atoms with E-state index < -0.39 is 0 Å². The summed E-state index contributed by atoms with van der Waals surface area (Å²) in [6, 6.07) is 22.4. The molecular formula is C28H29N3O2. The molecule has 1 saturated heterocycles. The van der Waals surface area contributed by atoms with Crippen LogP contribution in [0.5, 0.6) is 5.75 Å². The lowest BCUT2D eigenvalue weighted by atomic mass is 10.1. The monoisotopic (exact) mass is 439 g/mol. The zero-order valence-corrected chi connectivity index (χ0v) is 19.4. The summed E-state index contributed by atoms with van der Waals surface area (Å²) in [6.07, 6.45) is 0.468. The highest BCUT2D eigenvalue weighted by Crippen LogP contribution is 2.35. The van der Waals surface area contributed by atoms with Crippen molar-refractivity contribution in [2.75, 3.05) is 18.1 Å². The molecule has 0 bridgehead atoms. The van der Waals surface area contributed by atoms with Crippen LogP contribution in [0.1, 0.15) is 34.9 Å². The molecule has 0 radical (unpaired) electrons. The van der Waals surface area contributed by atoms with E-state index >= 15 is 0 Å². The van der Waals surface area contributed by atoms with E-state index in [2.05, 4.69) is 43.5 Å². The molecule has 5 rings (SSSR count). The number of aryl methyl sites for hydroxylation is 2. The molecule has 0 N–H and O–H groups in total. The zero-order valence-electron chi connectivity index (χ0n) is 19.4. The minimum atomic E-state index is 0.0447. The number of anilines is 1. The minimum Gasteiger partial charge on any atom is -0.491 e. The van der Waals surface area contributed by atoms with Gasteiger partial charge in [-0.1, -0.05) is 42.5 Å². The van der Waals surface area contributed by atoms with Gasteiger partial charge in [0.2, 0.25) is 5.91 Å². The number of imidazole rings is 1. The van der Waals surface area contributed by atoms with Crippen molar-refractivity contribution in [3.63, 3.8) is 0 Å². The standard InChI is InChI=1S/C28H29N3O2/c1-19-10-8-13-24(21(19)3)31-18-22(17-27(31)32)28-29-23-11-5-6-12-25(23)30(28)15-16-33-26-14-7-4-9-20(26)2/h4-14,22H,15-18H2,1-3H3/t22-/m0/s1. The van der Waals surface area contributed by atoms with Crippen LogP contribution in [0, 0.1) is 20.8 Å². The zero-order chi connectivity index (χ0) is 22.9. The molecular weight excluding hydrogens is 410 g/mol. The van der Waals surface area contributed by atoms with Crippen LogP contribution in [-0.2, 0) is 11.3 Å². The molecule has 0 spiro atoms. The summed E-state index contributed by atoms with van der Waals surface area (Å²) in [7, 11) is 0. The van der Waals surface area contributed by atoms with Crippen LogP contribution in [0.15, 0.2) is 66.7 Å². The van der Waals surface area contributed by atoms with Gasteiger partial charge in [0.05, 0.1) is 17.6 Å². The van der Waals surface area contributed by atoms with Crippen LogP contribution >= 0.6 is 0 Å². The van der Waals surface area contributed by atoms with Gasteiger partial charge < -0.3 is 14.2 Å². The number of benzene rings is 3. The Morgan fingerprint density at radius 2 is 1.70 bits per heavy atom. The first kappa shape index (κ1) is 21.3. The molecule has 1 atom stereocenters. The van der Waals surface area contributed by atoms with Gasteiger partial charge in [-0.25, -0.2) is 4.98 Å². The summed E-state index contributed by atoms with van der Waals surface area (Å²) >= 11 is 0. The molecule has 1 fully saturated rings. The summed E-state index contributed by atoms with van der Waals surface area (Å²) in [5, 5.41) is 0. The number of rotatable bonds is 6. The van der Waals surface area contributed by atoms with Gasteiger partial charge in [0, 0.05) is 24.6 Å². The molecule has 5 heteroatoms. The molecule has 0 saturated carbocycles. The molecule has 5 nitrogen and oxygen atoms in total. The molecule has 33 heavy (non-hydrogen) atoms. The Hall–Kier alpha value is -3.60. The molecule has 1 aliphatic rings. The average Bonchev–Trinajstić information content (AvgIpc) is 3.37. The highest BCUT2D eigenvalue weighted by Gasteiger charge is 2.35.